The van der Waals surface area contributed by atoms with Gasteiger partial charge in [0, 0.05) is 17.6 Å². The summed E-state index contributed by atoms with van der Waals surface area (Å²) in [6, 6.07) is 12.7. The second kappa shape index (κ2) is 10.2. The van der Waals surface area contributed by atoms with Crippen LogP contribution in [0, 0.1) is 13.8 Å². The summed E-state index contributed by atoms with van der Waals surface area (Å²) in [5, 5.41) is 0.713. The molecule has 0 bridgehead atoms. The number of halogens is 1. The lowest BCUT2D eigenvalue weighted by atomic mass is 10.0. The van der Waals surface area contributed by atoms with Crippen LogP contribution in [0.4, 0.5) is 0 Å². The second-order valence-electron chi connectivity index (χ2n) is 9.24. The van der Waals surface area contributed by atoms with E-state index in [-0.39, 0.29) is 0 Å². The summed E-state index contributed by atoms with van der Waals surface area (Å²) < 4.78 is 8.40. The molecule has 0 spiro atoms. The van der Waals surface area contributed by atoms with Crippen LogP contribution in [0.25, 0.3) is 11.0 Å². The summed E-state index contributed by atoms with van der Waals surface area (Å²) in [6.07, 6.45) is 3.64. The van der Waals surface area contributed by atoms with Gasteiger partial charge in [0.1, 0.15) is 18.2 Å². The highest BCUT2D eigenvalue weighted by atomic mass is 35.5. The lowest BCUT2D eigenvalue weighted by Gasteiger charge is -2.35. The van der Waals surface area contributed by atoms with Gasteiger partial charge in [-0.25, -0.2) is 4.98 Å². The Morgan fingerprint density at radius 3 is 2.41 bits per heavy atom. The van der Waals surface area contributed by atoms with Crippen molar-refractivity contribution in [3.05, 3.63) is 58.4 Å². The second-order valence-corrected chi connectivity index (χ2v) is 9.67. The van der Waals surface area contributed by atoms with Crippen molar-refractivity contribution in [2.24, 2.45) is 0 Å². The number of aryl methyl sites for hydroxylation is 3. The molecule has 6 heteroatoms. The van der Waals surface area contributed by atoms with E-state index < -0.39 is 0 Å². The Hall–Kier alpha value is -2.08. The van der Waals surface area contributed by atoms with Crippen molar-refractivity contribution in [2.75, 3.05) is 33.7 Å². The average Bonchev–Trinajstić information content (AvgIpc) is 3.10. The first-order chi connectivity index (χ1) is 15.4. The van der Waals surface area contributed by atoms with E-state index >= 15 is 0 Å². The Balaban J connectivity index is 1.45. The molecule has 0 amide bonds. The number of ether oxygens (including phenoxy) is 1. The predicted molar refractivity (Wildman–Crippen MR) is 133 cm³/mol. The number of hydrogen-bond donors (Lipinski definition) is 0. The van der Waals surface area contributed by atoms with Crippen LogP contribution in [0.2, 0.25) is 5.02 Å². The first-order valence-electron chi connectivity index (χ1n) is 11.6. The Morgan fingerprint density at radius 1 is 1.03 bits per heavy atom. The fourth-order valence-electron chi connectivity index (χ4n) is 4.58. The van der Waals surface area contributed by atoms with E-state index in [1.807, 2.05) is 24.3 Å². The standard InChI is InChI=1S/C26H35ClN4O/c1-19-16-24-25(17-20(19)2)31(13-5-12-30-14-10-22(11-15-30)29(3)4)26(28-24)18-32-23-8-6-21(27)7-9-23/h6-9,16-17,22H,5,10-15,18H2,1-4H3. The van der Waals surface area contributed by atoms with Gasteiger partial charge in [0.25, 0.3) is 0 Å². The number of piperidine rings is 1. The van der Waals surface area contributed by atoms with Crippen LogP contribution in [0.15, 0.2) is 36.4 Å². The zero-order chi connectivity index (χ0) is 22.7. The molecule has 1 aliphatic heterocycles. The van der Waals surface area contributed by atoms with Crippen LogP contribution in [-0.2, 0) is 13.2 Å². The minimum absolute atomic E-state index is 0.447. The first-order valence-corrected chi connectivity index (χ1v) is 12.0. The molecule has 32 heavy (non-hydrogen) atoms. The van der Waals surface area contributed by atoms with Gasteiger partial charge in [-0.15, -0.1) is 0 Å². The normalized spacial score (nSPS) is 15.7. The molecule has 3 aromatic rings. The highest BCUT2D eigenvalue weighted by Crippen LogP contribution is 2.23. The lowest BCUT2D eigenvalue weighted by molar-refractivity contribution is 0.142. The lowest BCUT2D eigenvalue weighted by Crippen LogP contribution is -2.42. The van der Waals surface area contributed by atoms with E-state index in [9.17, 15) is 0 Å². The van der Waals surface area contributed by atoms with Gasteiger partial charge in [-0.2, -0.15) is 0 Å². The van der Waals surface area contributed by atoms with Gasteiger partial charge in [0.15, 0.2) is 0 Å². The molecule has 1 fully saturated rings. The third-order valence-corrected chi connectivity index (χ3v) is 7.02. The molecule has 4 rings (SSSR count). The maximum atomic E-state index is 6.05. The Kier molecular flexibility index (Phi) is 7.39. The van der Waals surface area contributed by atoms with Crippen molar-refractivity contribution in [3.8, 4) is 5.75 Å². The van der Waals surface area contributed by atoms with Gasteiger partial charge < -0.3 is 19.1 Å². The highest BCUT2D eigenvalue weighted by Gasteiger charge is 2.20. The van der Waals surface area contributed by atoms with Crippen LogP contribution < -0.4 is 4.74 Å². The van der Waals surface area contributed by atoms with Crippen LogP contribution in [0.1, 0.15) is 36.2 Å². The number of hydrogen-bond acceptors (Lipinski definition) is 4. The number of benzene rings is 2. The zero-order valence-corrected chi connectivity index (χ0v) is 20.5. The van der Waals surface area contributed by atoms with Crippen molar-refractivity contribution >= 4 is 22.6 Å². The number of fused-ring (bicyclic) bond motifs is 1. The highest BCUT2D eigenvalue weighted by molar-refractivity contribution is 6.30. The Morgan fingerprint density at radius 2 is 1.72 bits per heavy atom. The van der Waals surface area contributed by atoms with Crippen molar-refractivity contribution in [1.29, 1.82) is 0 Å². The molecule has 0 unspecified atom stereocenters. The molecule has 0 saturated carbocycles. The molecule has 2 heterocycles. The summed E-state index contributed by atoms with van der Waals surface area (Å²) in [5.41, 5.74) is 4.83. The molecule has 1 saturated heterocycles. The SMILES string of the molecule is Cc1cc2nc(COc3ccc(Cl)cc3)n(CCCN3CCC(N(C)C)CC3)c2cc1C. The minimum Gasteiger partial charge on any atom is -0.486 e. The van der Waals surface area contributed by atoms with E-state index in [0.29, 0.717) is 11.6 Å². The summed E-state index contributed by atoms with van der Waals surface area (Å²) in [7, 11) is 4.39. The third-order valence-electron chi connectivity index (χ3n) is 6.77. The van der Waals surface area contributed by atoms with E-state index in [1.165, 1.54) is 42.6 Å². The van der Waals surface area contributed by atoms with E-state index in [0.717, 1.165) is 42.6 Å². The van der Waals surface area contributed by atoms with Crippen LogP contribution in [-0.4, -0.2) is 59.1 Å². The van der Waals surface area contributed by atoms with Crippen molar-refractivity contribution in [2.45, 2.75) is 52.3 Å². The van der Waals surface area contributed by atoms with Crippen molar-refractivity contribution < 1.29 is 4.74 Å². The summed E-state index contributed by atoms with van der Waals surface area (Å²) in [5.74, 6) is 1.79. The molecule has 172 valence electrons. The molecule has 5 nitrogen and oxygen atoms in total. The van der Waals surface area contributed by atoms with Gasteiger partial charge in [-0.3, -0.25) is 0 Å². The van der Waals surface area contributed by atoms with E-state index in [1.54, 1.807) is 0 Å². The number of rotatable bonds is 8. The van der Waals surface area contributed by atoms with Crippen molar-refractivity contribution in [1.82, 2.24) is 19.4 Å². The van der Waals surface area contributed by atoms with Crippen LogP contribution in [0.5, 0.6) is 5.75 Å². The van der Waals surface area contributed by atoms with Gasteiger partial charge in [0.05, 0.1) is 11.0 Å². The number of imidazole rings is 1. The number of aromatic nitrogens is 2. The van der Waals surface area contributed by atoms with Gasteiger partial charge >= 0.3 is 0 Å². The topological polar surface area (TPSA) is 33.5 Å². The maximum Gasteiger partial charge on any atom is 0.147 e. The van der Waals surface area contributed by atoms with E-state index in [4.69, 9.17) is 21.3 Å². The molecular formula is C26H35ClN4O. The largest absolute Gasteiger partial charge is 0.486 e. The summed E-state index contributed by atoms with van der Waals surface area (Å²) >= 11 is 6.00. The number of nitrogens with zero attached hydrogens (tertiary/aromatic N) is 4. The number of likely N-dealkylation sites (tertiary alicyclic amines) is 1. The molecule has 1 aliphatic rings. The van der Waals surface area contributed by atoms with Gasteiger partial charge in [0.2, 0.25) is 0 Å². The quantitative estimate of drug-likeness (QED) is 0.462. The molecule has 0 atom stereocenters. The van der Waals surface area contributed by atoms with Crippen molar-refractivity contribution in [3.63, 3.8) is 0 Å². The third kappa shape index (κ3) is 5.45. The predicted octanol–water partition coefficient (Wildman–Crippen LogP) is 5.30. The average molecular weight is 455 g/mol. The molecule has 0 radical (unpaired) electrons. The van der Waals surface area contributed by atoms with Crippen LogP contribution >= 0.6 is 11.6 Å². The molecule has 0 aliphatic carbocycles. The minimum atomic E-state index is 0.447. The molecule has 2 aromatic carbocycles. The Labute approximate surface area is 196 Å². The fraction of sp³-hybridized carbons (Fsp3) is 0.500. The molecule has 1 aromatic heterocycles. The first kappa shape index (κ1) is 23.1. The maximum absolute atomic E-state index is 6.05. The summed E-state index contributed by atoms with van der Waals surface area (Å²) in [6.45, 7) is 9.23. The molecular weight excluding hydrogens is 420 g/mol. The zero-order valence-electron chi connectivity index (χ0n) is 19.8. The van der Waals surface area contributed by atoms with Gasteiger partial charge in [-0.05, 0) is 114 Å². The monoisotopic (exact) mass is 454 g/mol. The Bertz CT molecular complexity index is 1040. The smallest absolute Gasteiger partial charge is 0.147 e. The van der Waals surface area contributed by atoms with Crippen LogP contribution in [0.3, 0.4) is 0 Å². The van der Waals surface area contributed by atoms with Gasteiger partial charge in [-0.1, -0.05) is 11.6 Å². The van der Waals surface area contributed by atoms with E-state index in [2.05, 4.69) is 54.4 Å². The fourth-order valence-corrected chi connectivity index (χ4v) is 4.71. The molecule has 0 N–H and O–H groups in total. The summed E-state index contributed by atoms with van der Waals surface area (Å²) in [4.78, 5) is 9.91.